The number of esters is 1. The first-order valence-electron chi connectivity index (χ1n) is 9.78. The van der Waals surface area contributed by atoms with Gasteiger partial charge in [0.15, 0.2) is 12.6 Å². The van der Waals surface area contributed by atoms with Crippen molar-refractivity contribution in [1.29, 1.82) is 0 Å². The number of hydrogen-bond acceptors (Lipinski definition) is 4. The van der Waals surface area contributed by atoms with Gasteiger partial charge >= 0.3 is 5.97 Å². The van der Waals surface area contributed by atoms with Crippen LogP contribution in [0.5, 0.6) is 0 Å². The summed E-state index contributed by atoms with van der Waals surface area (Å²) >= 11 is 5.75. The van der Waals surface area contributed by atoms with E-state index in [1.54, 1.807) is 11.2 Å². The van der Waals surface area contributed by atoms with E-state index >= 15 is 0 Å². The maximum atomic E-state index is 13.4. The fourth-order valence-electron chi connectivity index (χ4n) is 3.48. The predicted octanol–water partition coefficient (Wildman–Crippen LogP) is 3.46. The van der Waals surface area contributed by atoms with E-state index in [-0.39, 0.29) is 5.03 Å². The quantitative estimate of drug-likeness (QED) is 0.139. The van der Waals surface area contributed by atoms with E-state index in [1.807, 2.05) is 68.7 Å². The Labute approximate surface area is 190 Å². The fourth-order valence-corrected chi connectivity index (χ4v) is 8.26. The smallest absolute Gasteiger partial charge is 0.374 e. The summed E-state index contributed by atoms with van der Waals surface area (Å²) in [5, 5.41) is 3.66. The van der Waals surface area contributed by atoms with Crippen LogP contribution in [0.25, 0.3) is 0 Å². The Bertz CT molecular complexity index is 972. The molecular formula is C25H25N2O2PS. The normalized spacial score (nSPS) is 12.4. The number of aliphatic imine (C=N–C) groups is 1. The van der Waals surface area contributed by atoms with Gasteiger partial charge in [-0.05, 0) is 41.4 Å². The third-order valence-corrected chi connectivity index (χ3v) is 9.50. The van der Waals surface area contributed by atoms with Gasteiger partial charge in [0.2, 0.25) is 0 Å². The molecule has 0 aliphatic carbocycles. The number of nitrogens with zero attached hydrogens (tertiary/aromatic N) is 2. The minimum atomic E-state index is -2.68. The van der Waals surface area contributed by atoms with E-state index < -0.39 is 13.2 Å². The van der Waals surface area contributed by atoms with Crippen LogP contribution in [-0.2, 0) is 22.2 Å². The molecule has 0 unspecified atom stereocenters. The molecule has 0 N–H and O–H groups in total. The van der Waals surface area contributed by atoms with Gasteiger partial charge in [0, 0.05) is 14.1 Å². The van der Waals surface area contributed by atoms with E-state index in [1.165, 1.54) is 7.11 Å². The highest BCUT2D eigenvalue weighted by Crippen LogP contribution is 2.63. The van der Waals surface area contributed by atoms with Crippen molar-refractivity contribution in [3.8, 4) is 0 Å². The molecule has 4 nitrogen and oxygen atoms in total. The summed E-state index contributed by atoms with van der Waals surface area (Å²) in [5.74, 6) is -0.467. The summed E-state index contributed by atoms with van der Waals surface area (Å²) in [6.45, 7) is 0. The number of carbonyl (C=O) groups excluding carboxylic acids is 1. The third kappa shape index (κ3) is 4.68. The summed E-state index contributed by atoms with van der Waals surface area (Å²) in [6.07, 6.45) is 1.61. The highest BCUT2D eigenvalue weighted by molar-refractivity contribution is 8.00. The highest BCUT2D eigenvalue weighted by Gasteiger charge is 2.53. The van der Waals surface area contributed by atoms with Crippen molar-refractivity contribution in [1.82, 2.24) is 4.90 Å². The lowest BCUT2D eigenvalue weighted by molar-refractivity contribution is -0.135. The van der Waals surface area contributed by atoms with Gasteiger partial charge in [0.1, 0.15) is 15.9 Å². The molecule has 3 aromatic carbocycles. The average molecular weight is 449 g/mol. The molecule has 6 heteroatoms. The van der Waals surface area contributed by atoms with Crippen molar-refractivity contribution in [2.75, 3.05) is 21.2 Å². The van der Waals surface area contributed by atoms with Gasteiger partial charge in [-0.2, -0.15) is 0 Å². The molecular weight excluding hydrogens is 423 g/mol. The van der Waals surface area contributed by atoms with Crippen LogP contribution < -0.4 is 15.9 Å². The summed E-state index contributed by atoms with van der Waals surface area (Å²) in [4.78, 5) is 19.6. The molecule has 31 heavy (non-hydrogen) atoms. The minimum absolute atomic E-state index is 0.227. The van der Waals surface area contributed by atoms with Crippen molar-refractivity contribution < 1.29 is 9.53 Å². The van der Waals surface area contributed by atoms with Crippen LogP contribution in [-0.4, -0.2) is 38.4 Å². The average Bonchev–Trinajstić information content (AvgIpc) is 2.82. The van der Waals surface area contributed by atoms with Gasteiger partial charge in [-0.15, -0.1) is 0 Å². The molecule has 0 spiro atoms. The Hall–Kier alpha value is -3.01. The van der Waals surface area contributed by atoms with Gasteiger partial charge in [0.25, 0.3) is 0 Å². The molecule has 3 rings (SSSR count). The molecule has 0 aliphatic rings. The Balaban J connectivity index is 2.52. The van der Waals surface area contributed by atoms with Gasteiger partial charge in [-0.3, -0.25) is 4.99 Å². The minimum Gasteiger partial charge on any atom is -0.756 e. The summed E-state index contributed by atoms with van der Waals surface area (Å²) in [6, 6.07) is 30.1. The van der Waals surface area contributed by atoms with Crippen LogP contribution in [0.4, 0.5) is 0 Å². The molecule has 3 aromatic rings. The number of hydrogen-bond donors (Lipinski definition) is 0. The fraction of sp³-hybridized carbons (Fsp3) is 0.120. The highest BCUT2D eigenvalue weighted by atomic mass is 32.1. The van der Waals surface area contributed by atoms with Gasteiger partial charge < -0.3 is 22.3 Å². The summed E-state index contributed by atoms with van der Waals surface area (Å²) < 4.78 is 5.29. The van der Waals surface area contributed by atoms with Gasteiger partial charge in [-0.25, -0.2) is 4.79 Å². The largest absolute Gasteiger partial charge is 0.756 e. The third-order valence-electron chi connectivity index (χ3n) is 4.75. The van der Waals surface area contributed by atoms with E-state index in [0.29, 0.717) is 5.31 Å². The van der Waals surface area contributed by atoms with Crippen molar-refractivity contribution in [3.63, 3.8) is 0 Å². The van der Waals surface area contributed by atoms with Crippen LogP contribution in [0.3, 0.4) is 0 Å². The molecule has 0 aromatic heterocycles. The van der Waals surface area contributed by atoms with E-state index in [0.717, 1.165) is 15.9 Å². The second-order valence-corrected chi connectivity index (χ2v) is 10.8. The Morgan fingerprint density at radius 1 is 0.839 bits per heavy atom. The number of ether oxygens (including phenoxy) is 1. The Morgan fingerprint density at radius 3 is 1.55 bits per heavy atom. The second kappa shape index (κ2) is 10.3. The number of rotatable bonds is 7. The van der Waals surface area contributed by atoms with Gasteiger partial charge in [0.05, 0.1) is 13.4 Å². The van der Waals surface area contributed by atoms with E-state index in [4.69, 9.17) is 17.4 Å². The van der Waals surface area contributed by atoms with Crippen molar-refractivity contribution >= 4 is 48.1 Å². The van der Waals surface area contributed by atoms with Crippen LogP contribution >= 0.6 is 7.26 Å². The number of benzene rings is 3. The molecule has 158 valence electrons. The van der Waals surface area contributed by atoms with Crippen molar-refractivity contribution in [2.45, 2.75) is 0 Å². The molecule has 0 radical (unpaired) electrons. The first-order chi connectivity index (χ1) is 15.0. The first-order valence-corrected chi connectivity index (χ1v) is 12.0. The molecule has 0 amide bonds. The summed E-state index contributed by atoms with van der Waals surface area (Å²) in [5.41, 5.74) is 0. The molecule has 0 fully saturated rings. The van der Waals surface area contributed by atoms with Gasteiger partial charge in [-0.1, -0.05) is 54.6 Å². The standard InChI is InChI=1S/C25H25N2O2PS/c1-27(2)19-26-24(31)23(25(28)29-3)30(20-13-7-4-8-14-20,21-15-9-5-10-16-21)22-17-11-6-12-18-22/h4-19H,1-3H3/b26-19+. The Kier molecular flexibility index (Phi) is 7.56. The lowest BCUT2D eigenvalue weighted by atomic mass is 10.3. The van der Waals surface area contributed by atoms with Crippen molar-refractivity contribution in [2.24, 2.45) is 4.99 Å². The number of carbonyl (C=O) groups is 1. The van der Waals surface area contributed by atoms with E-state index in [9.17, 15) is 4.79 Å². The molecule has 0 atom stereocenters. The first kappa shape index (κ1) is 22.7. The summed E-state index contributed by atoms with van der Waals surface area (Å²) in [7, 11) is 2.42. The molecule has 0 heterocycles. The Morgan fingerprint density at radius 2 is 1.23 bits per heavy atom. The SMILES string of the molecule is COC(=O)/C(=C([S-])\N=C\N(C)C)[P+](c1ccccc1)(c1ccccc1)c1ccccc1. The van der Waals surface area contributed by atoms with E-state index in [2.05, 4.69) is 41.4 Å². The van der Waals surface area contributed by atoms with Crippen molar-refractivity contribution in [3.05, 3.63) is 101 Å². The van der Waals surface area contributed by atoms with Crippen LogP contribution in [0.2, 0.25) is 0 Å². The zero-order valence-electron chi connectivity index (χ0n) is 17.8. The molecule has 0 bridgehead atoms. The molecule has 0 saturated carbocycles. The van der Waals surface area contributed by atoms with Crippen LogP contribution in [0.1, 0.15) is 0 Å². The maximum Gasteiger partial charge on any atom is 0.374 e. The molecule has 0 saturated heterocycles. The van der Waals surface area contributed by atoms with Crippen LogP contribution in [0.15, 0.2) is 106 Å². The van der Waals surface area contributed by atoms with Crippen LogP contribution in [0, 0.1) is 0 Å². The lowest BCUT2D eigenvalue weighted by Crippen LogP contribution is -2.35. The predicted molar refractivity (Wildman–Crippen MR) is 134 cm³/mol. The monoisotopic (exact) mass is 448 g/mol. The zero-order valence-corrected chi connectivity index (χ0v) is 19.5. The zero-order chi connectivity index (χ0) is 22.3. The second-order valence-electron chi connectivity index (χ2n) is 7.03. The lowest BCUT2D eigenvalue weighted by Gasteiger charge is -2.30. The number of methoxy groups -OCH3 is 1. The maximum absolute atomic E-state index is 13.4. The topological polar surface area (TPSA) is 41.9 Å². The molecule has 0 aliphatic heterocycles.